The van der Waals surface area contributed by atoms with Crippen molar-refractivity contribution in [3.8, 4) is 5.75 Å². The van der Waals surface area contributed by atoms with E-state index in [0.717, 1.165) is 31.5 Å². The third-order valence-corrected chi connectivity index (χ3v) is 5.46. The van der Waals surface area contributed by atoms with Crippen molar-refractivity contribution in [2.75, 3.05) is 30.9 Å². The molecule has 0 spiro atoms. The first-order valence-corrected chi connectivity index (χ1v) is 9.32. The maximum atomic E-state index is 13.9. The van der Waals surface area contributed by atoms with Crippen LogP contribution in [0.2, 0.25) is 0 Å². The minimum absolute atomic E-state index is 0.0157. The highest BCUT2D eigenvalue weighted by Gasteiger charge is 2.37. The first-order chi connectivity index (χ1) is 13.5. The van der Waals surface area contributed by atoms with Crippen molar-refractivity contribution in [2.24, 2.45) is 0 Å². The van der Waals surface area contributed by atoms with Crippen molar-refractivity contribution < 1.29 is 18.7 Å². The molecule has 2 heterocycles. The maximum absolute atomic E-state index is 13.9. The van der Waals surface area contributed by atoms with E-state index in [1.54, 1.807) is 24.3 Å². The number of nitrogens with one attached hydrogen (secondary N) is 1. The van der Waals surface area contributed by atoms with Gasteiger partial charge in [0.1, 0.15) is 6.17 Å². The van der Waals surface area contributed by atoms with Crippen molar-refractivity contribution in [1.29, 1.82) is 0 Å². The lowest BCUT2D eigenvalue weighted by Gasteiger charge is -2.46. The highest BCUT2D eigenvalue weighted by molar-refractivity contribution is 6.08. The molecular formula is C21H22FN3O3. The summed E-state index contributed by atoms with van der Waals surface area (Å²) < 4.78 is 18.7. The number of carbonyl (C=O) groups is 2. The molecule has 1 atom stereocenters. The number of ether oxygens (including phenoxy) is 1. The molecule has 0 aromatic heterocycles. The highest BCUT2D eigenvalue weighted by Crippen LogP contribution is 2.35. The fraction of sp³-hybridized carbons (Fsp3) is 0.333. The van der Waals surface area contributed by atoms with Crippen LogP contribution in [-0.4, -0.2) is 43.6 Å². The molecule has 2 aromatic rings. The van der Waals surface area contributed by atoms with Crippen LogP contribution in [-0.2, 0) is 0 Å². The maximum Gasteiger partial charge on any atom is 0.257 e. The summed E-state index contributed by atoms with van der Waals surface area (Å²) in [4.78, 5) is 29.4. The topological polar surface area (TPSA) is 61.9 Å². The number of piperidine rings is 1. The third-order valence-electron chi connectivity index (χ3n) is 5.46. The molecule has 1 N–H and O–H groups in total. The lowest BCUT2D eigenvalue weighted by Crippen LogP contribution is -2.55. The normalized spacial score (nSPS) is 18.4. The zero-order valence-corrected chi connectivity index (χ0v) is 15.9. The molecule has 0 bridgehead atoms. The molecule has 2 aliphatic heterocycles. The number of anilines is 2. The number of fused-ring (bicyclic) bond motifs is 2. The van der Waals surface area contributed by atoms with Gasteiger partial charge in [0.2, 0.25) is 0 Å². The summed E-state index contributed by atoms with van der Waals surface area (Å²) >= 11 is 0. The largest absolute Gasteiger partial charge is 0.494 e. The van der Waals surface area contributed by atoms with Crippen molar-refractivity contribution in [2.45, 2.75) is 25.4 Å². The number of methoxy groups -OCH3 is 1. The van der Waals surface area contributed by atoms with Gasteiger partial charge in [0.25, 0.3) is 11.8 Å². The minimum atomic E-state index is -0.548. The van der Waals surface area contributed by atoms with Crippen molar-refractivity contribution in [3.05, 3.63) is 53.3 Å². The van der Waals surface area contributed by atoms with Crippen molar-refractivity contribution in [3.63, 3.8) is 0 Å². The summed E-state index contributed by atoms with van der Waals surface area (Å²) in [6, 6.07) is 9.31. The zero-order valence-electron chi connectivity index (χ0n) is 15.9. The molecule has 146 valence electrons. The molecule has 0 saturated carbocycles. The molecule has 0 aliphatic carbocycles. The molecule has 7 heteroatoms. The Morgan fingerprint density at radius 3 is 2.79 bits per heavy atom. The van der Waals surface area contributed by atoms with Crippen LogP contribution >= 0.6 is 0 Å². The van der Waals surface area contributed by atoms with Gasteiger partial charge in [0, 0.05) is 30.9 Å². The van der Waals surface area contributed by atoms with Crippen LogP contribution in [0.25, 0.3) is 0 Å². The Morgan fingerprint density at radius 1 is 1.21 bits per heavy atom. The Bertz CT molecular complexity index is 946. The highest BCUT2D eigenvalue weighted by atomic mass is 19.1. The average molecular weight is 383 g/mol. The Labute approximate surface area is 162 Å². The van der Waals surface area contributed by atoms with Gasteiger partial charge in [0.05, 0.1) is 18.4 Å². The van der Waals surface area contributed by atoms with Crippen LogP contribution < -0.4 is 15.0 Å². The van der Waals surface area contributed by atoms with Gasteiger partial charge in [-0.3, -0.25) is 9.59 Å². The number of hydrogen-bond acceptors (Lipinski definition) is 4. The summed E-state index contributed by atoms with van der Waals surface area (Å²) in [5.74, 6) is -0.779. The molecule has 1 fully saturated rings. The molecule has 0 unspecified atom stereocenters. The van der Waals surface area contributed by atoms with Crippen LogP contribution in [0.15, 0.2) is 36.4 Å². The SMILES string of the molecule is COc1ccc(NC(=O)c2ccc3c(c2)N(C)[C@@H]2CCCCN2C3=O)cc1F. The summed E-state index contributed by atoms with van der Waals surface area (Å²) in [7, 11) is 3.34. The summed E-state index contributed by atoms with van der Waals surface area (Å²) in [5.41, 5.74) is 2.11. The van der Waals surface area contributed by atoms with Gasteiger partial charge < -0.3 is 19.9 Å². The molecule has 0 radical (unpaired) electrons. The fourth-order valence-corrected chi connectivity index (χ4v) is 3.96. The number of carbonyl (C=O) groups excluding carboxylic acids is 2. The molecule has 28 heavy (non-hydrogen) atoms. The van der Waals surface area contributed by atoms with E-state index in [1.807, 2.05) is 11.9 Å². The average Bonchev–Trinajstić information content (AvgIpc) is 2.71. The Morgan fingerprint density at radius 2 is 2.04 bits per heavy atom. The van der Waals surface area contributed by atoms with Gasteiger partial charge in [-0.2, -0.15) is 0 Å². The zero-order chi connectivity index (χ0) is 19.8. The molecule has 2 aliphatic rings. The minimum Gasteiger partial charge on any atom is -0.494 e. The fourth-order valence-electron chi connectivity index (χ4n) is 3.96. The van der Waals surface area contributed by atoms with Crippen LogP contribution in [0.3, 0.4) is 0 Å². The number of nitrogens with zero attached hydrogens (tertiary/aromatic N) is 2. The van der Waals surface area contributed by atoms with Gasteiger partial charge in [-0.1, -0.05) is 0 Å². The molecular weight excluding hydrogens is 361 g/mol. The van der Waals surface area contributed by atoms with Gasteiger partial charge >= 0.3 is 0 Å². The molecule has 2 aromatic carbocycles. The number of halogens is 1. The van der Waals surface area contributed by atoms with Crippen LogP contribution in [0.1, 0.15) is 40.0 Å². The smallest absolute Gasteiger partial charge is 0.257 e. The van der Waals surface area contributed by atoms with E-state index in [4.69, 9.17) is 4.74 Å². The first-order valence-electron chi connectivity index (χ1n) is 9.32. The summed E-state index contributed by atoms with van der Waals surface area (Å²) in [6.45, 7) is 0.762. The molecule has 1 saturated heterocycles. The second kappa shape index (κ2) is 7.14. The van der Waals surface area contributed by atoms with Crippen molar-refractivity contribution in [1.82, 2.24) is 4.90 Å². The van der Waals surface area contributed by atoms with Gasteiger partial charge in [-0.15, -0.1) is 0 Å². The van der Waals surface area contributed by atoms with E-state index in [0.29, 0.717) is 16.8 Å². The lowest BCUT2D eigenvalue weighted by atomic mass is 9.97. The van der Waals surface area contributed by atoms with E-state index < -0.39 is 5.82 Å². The van der Waals surface area contributed by atoms with Gasteiger partial charge in [0.15, 0.2) is 11.6 Å². The Hall–Kier alpha value is -3.09. The van der Waals surface area contributed by atoms with Crippen molar-refractivity contribution >= 4 is 23.2 Å². The van der Waals surface area contributed by atoms with E-state index in [9.17, 15) is 14.0 Å². The van der Waals surface area contributed by atoms with Crippen LogP contribution in [0.5, 0.6) is 5.75 Å². The predicted molar refractivity (Wildman–Crippen MR) is 104 cm³/mol. The number of hydrogen-bond donors (Lipinski definition) is 1. The number of amides is 2. The Balaban J connectivity index is 1.60. The summed E-state index contributed by atoms with van der Waals surface area (Å²) in [6.07, 6.45) is 3.05. The Kier molecular flexibility index (Phi) is 4.66. The number of rotatable bonds is 3. The van der Waals surface area contributed by atoms with Gasteiger partial charge in [-0.25, -0.2) is 4.39 Å². The molecule has 2 amide bonds. The molecule has 6 nitrogen and oxygen atoms in total. The second-order valence-electron chi connectivity index (χ2n) is 7.12. The van der Waals surface area contributed by atoms with Crippen LogP contribution in [0, 0.1) is 5.82 Å². The monoisotopic (exact) mass is 383 g/mol. The van der Waals surface area contributed by atoms with E-state index >= 15 is 0 Å². The van der Waals surface area contributed by atoms with E-state index in [1.165, 1.54) is 19.2 Å². The lowest BCUT2D eigenvalue weighted by molar-refractivity contribution is 0.0589. The standard InChI is InChI=1S/C21H22FN3O3/c1-24-17-11-13(20(26)23-14-7-9-18(28-2)16(22)12-14)6-8-15(17)21(27)25-10-4-3-5-19(24)25/h6-9,11-12,19H,3-5,10H2,1-2H3,(H,23,26)/t19-/m0/s1. The van der Waals surface area contributed by atoms with Gasteiger partial charge in [-0.05, 0) is 49.6 Å². The van der Waals surface area contributed by atoms with E-state index in [2.05, 4.69) is 10.2 Å². The third kappa shape index (κ3) is 3.06. The molecule has 4 rings (SSSR count). The second-order valence-corrected chi connectivity index (χ2v) is 7.12. The summed E-state index contributed by atoms with van der Waals surface area (Å²) in [5, 5.41) is 2.69. The predicted octanol–water partition coefficient (Wildman–Crippen LogP) is 3.49. The quantitative estimate of drug-likeness (QED) is 0.881. The van der Waals surface area contributed by atoms with E-state index in [-0.39, 0.29) is 23.7 Å². The van der Waals surface area contributed by atoms with Crippen LogP contribution in [0.4, 0.5) is 15.8 Å². The number of benzene rings is 2. The first kappa shape index (κ1) is 18.3.